The number of nitrogens with two attached hydrogens (primary N) is 1. The minimum atomic E-state index is -0.201. The predicted octanol–water partition coefficient (Wildman–Crippen LogP) is 1.81. The zero-order valence-electron chi connectivity index (χ0n) is 11.4. The van der Waals surface area contributed by atoms with Gasteiger partial charge >= 0.3 is 5.97 Å². The van der Waals surface area contributed by atoms with E-state index in [0.29, 0.717) is 11.4 Å². The van der Waals surface area contributed by atoms with Gasteiger partial charge in [0.1, 0.15) is 11.9 Å². The van der Waals surface area contributed by atoms with Crippen LogP contribution in [0.1, 0.15) is 19.8 Å². The van der Waals surface area contributed by atoms with E-state index in [4.69, 9.17) is 15.2 Å². The average molecular weight is 264 g/mol. The molecule has 5 nitrogen and oxygen atoms in total. The summed E-state index contributed by atoms with van der Waals surface area (Å²) in [6.45, 7) is 3.19. The maximum Gasteiger partial charge on any atom is 0.302 e. The van der Waals surface area contributed by atoms with Crippen LogP contribution in [0.5, 0.6) is 5.75 Å². The molecule has 1 aliphatic heterocycles. The zero-order chi connectivity index (χ0) is 13.8. The first-order valence-corrected chi connectivity index (χ1v) is 6.46. The van der Waals surface area contributed by atoms with Gasteiger partial charge in [0.05, 0.1) is 12.8 Å². The largest absolute Gasteiger partial charge is 0.495 e. The van der Waals surface area contributed by atoms with E-state index in [1.54, 1.807) is 7.11 Å². The summed E-state index contributed by atoms with van der Waals surface area (Å²) in [5.41, 5.74) is 7.54. The number of methoxy groups -OCH3 is 1. The molecule has 1 fully saturated rings. The van der Waals surface area contributed by atoms with E-state index >= 15 is 0 Å². The monoisotopic (exact) mass is 264 g/mol. The van der Waals surface area contributed by atoms with Crippen LogP contribution in [-0.4, -0.2) is 32.3 Å². The highest BCUT2D eigenvalue weighted by Crippen LogP contribution is 2.29. The van der Waals surface area contributed by atoms with Crippen LogP contribution in [0.4, 0.5) is 11.4 Å². The van der Waals surface area contributed by atoms with Gasteiger partial charge in [-0.3, -0.25) is 4.79 Å². The Balaban J connectivity index is 1.99. The first-order chi connectivity index (χ1) is 9.10. The number of carbonyl (C=O) groups is 1. The second-order valence-corrected chi connectivity index (χ2v) is 4.72. The van der Waals surface area contributed by atoms with E-state index in [1.807, 2.05) is 18.2 Å². The van der Waals surface area contributed by atoms with Crippen LogP contribution in [0, 0.1) is 0 Å². The van der Waals surface area contributed by atoms with Crippen molar-refractivity contribution in [2.24, 2.45) is 0 Å². The van der Waals surface area contributed by atoms with E-state index in [9.17, 15) is 4.79 Å². The first kappa shape index (κ1) is 13.5. The molecule has 1 saturated heterocycles. The van der Waals surface area contributed by atoms with Crippen molar-refractivity contribution in [3.8, 4) is 5.75 Å². The van der Waals surface area contributed by atoms with Crippen molar-refractivity contribution in [1.29, 1.82) is 0 Å². The summed E-state index contributed by atoms with van der Waals surface area (Å²) in [6.07, 6.45) is 1.75. The smallest absolute Gasteiger partial charge is 0.302 e. The molecular weight excluding hydrogens is 244 g/mol. The number of nitrogens with zero attached hydrogens (tertiary/aromatic N) is 1. The van der Waals surface area contributed by atoms with Crippen molar-refractivity contribution in [3.63, 3.8) is 0 Å². The Morgan fingerprint density at radius 2 is 2.05 bits per heavy atom. The van der Waals surface area contributed by atoms with Crippen LogP contribution >= 0.6 is 0 Å². The van der Waals surface area contributed by atoms with Crippen LogP contribution < -0.4 is 15.4 Å². The Bertz CT molecular complexity index is 454. The molecule has 1 aliphatic rings. The van der Waals surface area contributed by atoms with Crippen molar-refractivity contribution in [2.45, 2.75) is 25.9 Å². The molecule has 0 spiro atoms. The van der Waals surface area contributed by atoms with Crippen LogP contribution in [-0.2, 0) is 9.53 Å². The van der Waals surface area contributed by atoms with Gasteiger partial charge in [-0.2, -0.15) is 0 Å². The molecule has 0 bridgehead atoms. The van der Waals surface area contributed by atoms with E-state index in [0.717, 1.165) is 31.6 Å². The Labute approximate surface area is 113 Å². The number of anilines is 2. The number of esters is 1. The van der Waals surface area contributed by atoms with Gasteiger partial charge in [0.25, 0.3) is 0 Å². The molecule has 2 rings (SSSR count). The topological polar surface area (TPSA) is 64.8 Å². The number of rotatable bonds is 3. The van der Waals surface area contributed by atoms with Gasteiger partial charge in [-0.1, -0.05) is 0 Å². The van der Waals surface area contributed by atoms with Gasteiger partial charge in [-0.25, -0.2) is 0 Å². The van der Waals surface area contributed by atoms with Crippen LogP contribution in [0.3, 0.4) is 0 Å². The maximum absolute atomic E-state index is 10.9. The van der Waals surface area contributed by atoms with Gasteiger partial charge in [0.2, 0.25) is 0 Å². The summed E-state index contributed by atoms with van der Waals surface area (Å²) in [5.74, 6) is 0.493. The highest BCUT2D eigenvalue weighted by molar-refractivity contribution is 5.66. The van der Waals surface area contributed by atoms with E-state index in [2.05, 4.69) is 4.90 Å². The fourth-order valence-electron chi connectivity index (χ4n) is 2.36. The molecule has 5 heteroatoms. The maximum atomic E-state index is 10.9. The second-order valence-electron chi connectivity index (χ2n) is 4.72. The lowest BCUT2D eigenvalue weighted by Crippen LogP contribution is -2.37. The van der Waals surface area contributed by atoms with Gasteiger partial charge in [0, 0.05) is 44.6 Å². The fourth-order valence-corrected chi connectivity index (χ4v) is 2.36. The van der Waals surface area contributed by atoms with Crippen LogP contribution in [0.25, 0.3) is 0 Å². The quantitative estimate of drug-likeness (QED) is 0.666. The molecule has 0 saturated carbocycles. The third kappa shape index (κ3) is 3.30. The molecule has 104 valence electrons. The summed E-state index contributed by atoms with van der Waals surface area (Å²) in [5, 5.41) is 0. The molecule has 2 N–H and O–H groups in total. The van der Waals surface area contributed by atoms with Gasteiger partial charge in [-0.05, 0) is 12.1 Å². The van der Waals surface area contributed by atoms with Crippen LogP contribution in [0.2, 0.25) is 0 Å². The minimum Gasteiger partial charge on any atom is -0.495 e. The number of hydrogen-bond donors (Lipinski definition) is 1. The summed E-state index contributed by atoms with van der Waals surface area (Å²) >= 11 is 0. The number of piperidine rings is 1. The Morgan fingerprint density at radius 1 is 1.37 bits per heavy atom. The van der Waals surface area contributed by atoms with Crippen molar-refractivity contribution < 1.29 is 14.3 Å². The fraction of sp³-hybridized carbons (Fsp3) is 0.500. The Hall–Kier alpha value is -1.91. The number of benzene rings is 1. The number of ether oxygens (including phenoxy) is 2. The van der Waals surface area contributed by atoms with Gasteiger partial charge in [-0.15, -0.1) is 0 Å². The lowest BCUT2D eigenvalue weighted by atomic mass is 10.1. The summed E-state index contributed by atoms with van der Waals surface area (Å²) in [6, 6.07) is 5.79. The molecule has 1 aromatic carbocycles. The van der Waals surface area contributed by atoms with E-state index < -0.39 is 0 Å². The SMILES string of the molecule is COc1cc(N2CCC(OC(C)=O)CC2)ccc1N. The zero-order valence-corrected chi connectivity index (χ0v) is 11.4. The van der Waals surface area contributed by atoms with Crippen molar-refractivity contribution >= 4 is 17.3 Å². The molecule has 0 radical (unpaired) electrons. The molecule has 0 amide bonds. The molecular formula is C14H20N2O3. The lowest BCUT2D eigenvalue weighted by molar-refractivity contribution is -0.147. The summed E-state index contributed by atoms with van der Waals surface area (Å²) in [4.78, 5) is 13.2. The first-order valence-electron chi connectivity index (χ1n) is 6.46. The number of nitrogen functional groups attached to an aromatic ring is 1. The molecule has 0 unspecified atom stereocenters. The van der Waals surface area contributed by atoms with Crippen LogP contribution in [0.15, 0.2) is 18.2 Å². The normalized spacial score (nSPS) is 16.2. The Morgan fingerprint density at radius 3 is 2.63 bits per heavy atom. The molecule has 0 atom stereocenters. The molecule has 0 aliphatic carbocycles. The second kappa shape index (κ2) is 5.82. The molecule has 0 aromatic heterocycles. The summed E-state index contributed by atoms with van der Waals surface area (Å²) < 4.78 is 10.5. The lowest BCUT2D eigenvalue weighted by Gasteiger charge is -2.33. The summed E-state index contributed by atoms with van der Waals surface area (Å²) in [7, 11) is 1.61. The third-order valence-corrected chi connectivity index (χ3v) is 3.36. The standard InChI is InChI=1S/C14H20N2O3/c1-10(17)19-12-5-7-16(8-6-12)11-3-4-13(15)14(9-11)18-2/h3-4,9,12H,5-8,15H2,1-2H3. The van der Waals surface area contributed by atoms with Crippen molar-refractivity contribution in [3.05, 3.63) is 18.2 Å². The third-order valence-electron chi connectivity index (χ3n) is 3.36. The van der Waals surface area contributed by atoms with Crippen molar-refractivity contribution in [2.75, 3.05) is 30.8 Å². The molecule has 19 heavy (non-hydrogen) atoms. The predicted molar refractivity (Wildman–Crippen MR) is 74.4 cm³/mol. The van der Waals surface area contributed by atoms with E-state index in [1.165, 1.54) is 6.92 Å². The Kier molecular flexibility index (Phi) is 4.14. The molecule has 1 aromatic rings. The van der Waals surface area contributed by atoms with E-state index in [-0.39, 0.29) is 12.1 Å². The van der Waals surface area contributed by atoms with Gasteiger partial charge in [0.15, 0.2) is 0 Å². The van der Waals surface area contributed by atoms with Gasteiger partial charge < -0.3 is 20.1 Å². The number of carbonyl (C=O) groups excluding carboxylic acids is 1. The minimum absolute atomic E-state index is 0.0458. The van der Waals surface area contributed by atoms with Crippen molar-refractivity contribution in [1.82, 2.24) is 0 Å². The highest BCUT2D eigenvalue weighted by Gasteiger charge is 2.21. The number of hydrogen-bond acceptors (Lipinski definition) is 5. The highest BCUT2D eigenvalue weighted by atomic mass is 16.5. The average Bonchev–Trinajstić information content (AvgIpc) is 2.40. The molecule has 1 heterocycles.